The first-order chi connectivity index (χ1) is 12.0. The van der Waals surface area contributed by atoms with Crippen LogP contribution in [0.15, 0.2) is 59.5 Å². The Morgan fingerprint density at radius 3 is 2.32 bits per heavy atom. The Morgan fingerprint density at radius 2 is 1.76 bits per heavy atom. The van der Waals surface area contributed by atoms with Crippen LogP contribution in [0.2, 0.25) is 0 Å². The van der Waals surface area contributed by atoms with Gasteiger partial charge < -0.3 is 10.4 Å². The molecule has 0 spiro atoms. The zero-order chi connectivity index (χ0) is 18.2. The minimum Gasteiger partial charge on any atom is -0.480 e. The molecule has 0 radical (unpaired) electrons. The molecule has 0 aliphatic heterocycles. The van der Waals surface area contributed by atoms with Crippen LogP contribution in [0.3, 0.4) is 0 Å². The summed E-state index contributed by atoms with van der Waals surface area (Å²) in [7, 11) is -1.33. The van der Waals surface area contributed by atoms with E-state index in [1.807, 2.05) is 6.07 Å². The van der Waals surface area contributed by atoms with Gasteiger partial charge in [0.25, 0.3) is 5.91 Å². The molecule has 2 N–H and O–H groups in total. The largest absolute Gasteiger partial charge is 0.480 e. The first kappa shape index (κ1) is 18.4. The number of hydrogen-bond acceptors (Lipinski definition) is 4. The Labute approximate surface area is 147 Å². The van der Waals surface area contributed by atoms with E-state index in [9.17, 15) is 18.9 Å². The summed E-state index contributed by atoms with van der Waals surface area (Å²) in [6.45, 7) is 0. The van der Waals surface area contributed by atoms with Gasteiger partial charge in [0, 0.05) is 16.2 Å². The van der Waals surface area contributed by atoms with Crippen LogP contribution >= 0.6 is 0 Å². The lowest BCUT2D eigenvalue weighted by Crippen LogP contribution is -2.41. The summed E-state index contributed by atoms with van der Waals surface area (Å²) in [5.41, 5.74) is 0.666. The van der Waals surface area contributed by atoms with E-state index >= 15 is 0 Å². The normalized spacial score (nSPS) is 12.6. The van der Waals surface area contributed by atoms with Crippen molar-refractivity contribution in [2.45, 2.75) is 17.4 Å². The molecule has 0 fully saturated rings. The van der Waals surface area contributed by atoms with Gasteiger partial charge >= 0.3 is 5.97 Å². The molecule has 1 amide bonds. The summed E-state index contributed by atoms with van der Waals surface area (Å²) in [4.78, 5) is 24.1. The molecule has 2 rings (SSSR count). The lowest BCUT2D eigenvalue weighted by Gasteiger charge is -2.14. The minimum atomic E-state index is -1.33. The third kappa shape index (κ3) is 5.26. The van der Waals surface area contributed by atoms with E-state index in [-0.39, 0.29) is 17.7 Å². The van der Waals surface area contributed by atoms with Crippen molar-refractivity contribution in [1.29, 1.82) is 5.26 Å². The van der Waals surface area contributed by atoms with Crippen LogP contribution in [-0.4, -0.2) is 33.0 Å². The number of amides is 1. The third-order valence-electron chi connectivity index (χ3n) is 3.48. The van der Waals surface area contributed by atoms with Crippen molar-refractivity contribution in [3.8, 4) is 6.07 Å². The topological polar surface area (TPSA) is 107 Å². The van der Waals surface area contributed by atoms with Gasteiger partial charge in [0.05, 0.1) is 22.4 Å². The van der Waals surface area contributed by atoms with Crippen molar-refractivity contribution >= 4 is 22.7 Å². The highest BCUT2D eigenvalue weighted by Gasteiger charge is 2.21. The molecular formula is C18H16N2O4S. The van der Waals surface area contributed by atoms with Crippen molar-refractivity contribution in [3.05, 3.63) is 65.7 Å². The van der Waals surface area contributed by atoms with Gasteiger partial charge in [-0.2, -0.15) is 5.26 Å². The summed E-state index contributed by atoms with van der Waals surface area (Å²) >= 11 is 0. The van der Waals surface area contributed by atoms with E-state index in [1.165, 1.54) is 24.3 Å². The van der Waals surface area contributed by atoms with Crippen molar-refractivity contribution in [2.24, 2.45) is 0 Å². The molecule has 0 aliphatic carbocycles. The van der Waals surface area contributed by atoms with Gasteiger partial charge in [-0.3, -0.25) is 9.00 Å². The number of carbonyl (C=O) groups excluding carboxylic acids is 1. The van der Waals surface area contributed by atoms with Gasteiger partial charge in [-0.25, -0.2) is 4.79 Å². The summed E-state index contributed by atoms with van der Waals surface area (Å²) < 4.78 is 12.2. The number of rotatable bonds is 7. The second-order valence-corrected chi connectivity index (χ2v) is 6.78. The van der Waals surface area contributed by atoms with Crippen molar-refractivity contribution < 1.29 is 18.9 Å². The second-order valence-electron chi connectivity index (χ2n) is 5.20. The number of aliphatic carboxylic acids is 1. The molecule has 7 heteroatoms. The molecule has 25 heavy (non-hydrogen) atoms. The lowest BCUT2D eigenvalue weighted by molar-refractivity contribution is -0.139. The molecule has 6 nitrogen and oxygen atoms in total. The maximum Gasteiger partial charge on any atom is 0.326 e. The zero-order valence-electron chi connectivity index (χ0n) is 13.2. The highest BCUT2D eigenvalue weighted by atomic mass is 32.2. The van der Waals surface area contributed by atoms with Crippen LogP contribution in [-0.2, 0) is 15.6 Å². The maximum atomic E-state index is 12.2. The second kappa shape index (κ2) is 8.76. The zero-order valence-corrected chi connectivity index (χ0v) is 14.0. The smallest absolute Gasteiger partial charge is 0.326 e. The summed E-state index contributed by atoms with van der Waals surface area (Å²) in [5.74, 6) is -1.62. The first-order valence-corrected chi connectivity index (χ1v) is 8.80. The summed E-state index contributed by atoms with van der Waals surface area (Å²) in [5, 5.41) is 20.4. The summed E-state index contributed by atoms with van der Waals surface area (Å²) in [6, 6.07) is 15.4. The first-order valence-electron chi connectivity index (χ1n) is 7.48. The number of nitrogens with zero attached hydrogens (tertiary/aromatic N) is 1. The fourth-order valence-electron chi connectivity index (χ4n) is 2.11. The Morgan fingerprint density at radius 1 is 1.12 bits per heavy atom. The molecule has 0 aliphatic rings. The van der Waals surface area contributed by atoms with Crippen LogP contribution in [0, 0.1) is 11.3 Å². The molecule has 0 bridgehead atoms. The number of nitrogens with one attached hydrogen (secondary N) is 1. The SMILES string of the molecule is N#Cc1ccc(C(=O)N[C@H](CC[S@@](=O)c2ccccc2)C(=O)O)cc1. The van der Waals surface area contributed by atoms with E-state index in [1.54, 1.807) is 30.3 Å². The number of benzene rings is 2. The van der Waals surface area contributed by atoms with Crippen LogP contribution in [0.4, 0.5) is 0 Å². The Hall–Kier alpha value is -2.98. The fourth-order valence-corrected chi connectivity index (χ4v) is 3.26. The van der Waals surface area contributed by atoms with Gasteiger partial charge in [0.1, 0.15) is 6.04 Å². The number of nitriles is 1. The van der Waals surface area contributed by atoms with Gasteiger partial charge in [-0.15, -0.1) is 0 Å². The van der Waals surface area contributed by atoms with Gasteiger partial charge in [-0.05, 0) is 42.8 Å². The number of hydrogen-bond donors (Lipinski definition) is 2. The average molecular weight is 356 g/mol. The van der Waals surface area contributed by atoms with E-state index < -0.39 is 28.7 Å². The van der Waals surface area contributed by atoms with Crippen molar-refractivity contribution in [3.63, 3.8) is 0 Å². The highest BCUT2D eigenvalue weighted by Crippen LogP contribution is 2.09. The minimum absolute atomic E-state index is 0.0405. The van der Waals surface area contributed by atoms with Crippen LogP contribution in [0.25, 0.3) is 0 Å². The number of carboxylic acids is 1. The Bertz CT molecular complexity index is 813. The molecule has 0 unspecified atom stereocenters. The third-order valence-corrected chi connectivity index (χ3v) is 4.88. The predicted octanol–water partition coefficient (Wildman–Crippen LogP) is 1.94. The summed E-state index contributed by atoms with van der Waals surface area (Å²) in [6.07, 6.45) is 0.0405. The van der Waals surface area contributed by atoms with Crippen LogP contribution in [0.5, 0.6) is 0 Å². The molecule has 0 heterocycles. The monoisotopic (exact) mass is 356 g/mol. The van der Waals surface area contributed by atoms with Crippen LogP contribution < -0.4 is 5.32 Å². The van der Waals surface area contributed by atoms with Gasteiger partial charge in [0.15, 0.2) is 0 Å². The lowest BCUT2D eigenvalue weighted by atomic mass is 10.1. The molecule has 2 aromatic rings. The molecule has 2 aromatic carbocycles. The molecule has 128 valence electrons. The van der Waals surface area contributed by atoms with E-state index in [0.29, 0.717) is 10.5 Å². The number of carboxylic acid groups (broad SMARTS) is 1. The average Bonchev–Trinajstić information content (AvgIpc) is 2.65. The predicted molar refractivity (Wildman–Crippen MR) is 92.4 cm³/mol. The van der Waals surface area contributed by atoms with E-state index in [2.05, 4.69) is 5.32 Å². The molecule has 0 saturated carbocycles. The number of carbonyl (C=O) groups is 2. The van der Waals surface area contributed by atoms with E-state index in [0.717, 1.165) is 0 Å². The maximum absolute atomic E-state index is 12.2. The molecule has 0 aromatic heterocycles. The van der Waals surface area contributed by atoms with E-state index in [4.69, 9.17) is 5.26 Å². The molecule has 2 atom stereocenters. The van der Waals surface area contributed by atoms with Gasteiger partial charge in [-0.1, -0.05) is 18.2 Å². The molecule has 0 saturated heterocycles. The van der Waals surface area contributed by atoms with Crippen molar-refractivity contribution in [2.75, 3.05) is 5.75 Å². The standard InChI is InChI=1S/C18H16N2O4S/c19-12-13-6-8-14(9-7-13)17(21)20-16(18(22)23)10-11-25(24)15-4-2-1-3-5-15/h1-9,16H,10-11H2,(H,20,21)(H,22,23)/t16-,25-/m1/s1. The molecular weight excluding hydrogens is 340 g/mol. The van der Waals surface area contributed by atoms with Crippen molar-refractivity contribution in [1.82, 2.24) is 5.32 Å². The van der Waals surface area contributed by atoms with Crippen LogP contribution in [0.1, 0.15) is 22.3 Å². The van der Waals surface area contributed by atoms with Gasteiger partial charge in [0.2, 0.25) is 0 Å². The fraction of sp³-hybridized carbons (Fsp3) is 0.167. The Kier molecular flexibility index (Phi) is 6.43. The Balaban J connectivity index is 1.98. The highest BCUT2D eigenvalue weighted by molar-refractivity contribution is 7.85. The quantitative estimate of drug-likeness (QED) is 0.788.